The predicted molar refractivity (Wildman–Crippen MR) is 74.1 cm³/mol. The van der Waals surface area contributed by atoms with Crippen molar-refractivity contribution in [1.29, 1.82) is 0 Å². The number of benzene rings is 2. The summed E-state index contributed by atoms with van der Waals surface area (Å²) >= 11 is 17.8. The normalized spacial score (nSPS) is 11.3. The number of fused-ring (bicyclic) bond motifs is 2. The number of rotatable bonds is 0. The maximum absolute atomic E-state index is 11.7. The molecule has 0 fully saturated rings. The highest BCUT2D eigenvalue weighted by atomic mass is 35.5. The van der Waals surface area contributed by atoms with Crippen LogP contribution in [0.3, 0.4) is 0 Å². The van der Waals surface area contributed by atoms with Crippen LogP contribution in [0.25, 0.3) is 22.3 Å². The van der Waals surface area contributed by atoms with Crippen LogP contribution in [0.5, 0.6) is 0 Å². The third-order valence-electron chi connectivity index (χ3n) is 2.70. The van der Waals surface area contributed by atoms with Crippen molar-refractivity contribution in [1.82, 2.24) is 0 Å². The molecule has 1 aliphatic heterocycles. The van der Waals surface area contributed by atoms with Gasteiger partial charge in [0.2, 0.25) is 5.43 Å². The molecule has 1 heterocycles. The lowest BCUT2D eigenvalue weighted by Crippen LogP contribution is -2.06. The van der Waals surface area contributed by atoms with Gasteiger partial charge in [0.05, 0.1) is 5.02 Å². The monoisotopic (exact) mass is 298 g/mol. The van der Waals surface area contributed by atoms with E-state index in [0.29, 0.717) is 11.1 Å². The molecule has 1 aromatic rings. The zero-order valence-corrected chi connectivity index (χ0v) is 11.1. The highest BCUT2D eigenvalue weighted by Crippen LogP contribution is 2.39. The fourth-order valence-electron chi connectivity index (χ4n) is 1.82. The molecule has 1 aliphatic carbocycles. The van der Waals surface area contributed by atoms with Crippen LogP contribution in [0, 0.1) is 0 Å². The summed E-state index contributed by atoms with van der Waals surface area (Å²) in [6, 6.07) is 9.18. The first-order chi connectivity index (χ1) is 8.59. The van der Waals surface area contributed by atoms with Gasteiger partial charge in [-0.2, -0.15) is 0 Å². The fraction of sp³-hybridized carbons (Fsp3) is 0. The minimum absolute atomic E-state index is 0.0508. The lowest BCUT2D eigenvalue weighted by atomic mass is 10.1. The third kappa shape index (κ3) is 1.61. The van der Waals surface area contributed by atoms with Crippen LogP contribution in [0.15, 0.2) is 39.5 Å². The Morgan fingerprint density at radius 2 is 1.67 bits per heavy atom. The summed E-state index contributed by atoms with van der Waals surface area (Å²) in [6.45, 7) is 0. The molecule has 0 amide bonds. The van der Waals surface area contributed by atoms with Gasteiger partial charge in [-0.1, -0.05) is 53.0 Å². The van der Waals surface area contributed by atoms with E-state index >= 15 is 0 Å². The van der Waals surface area contributed by atoms with Crippen molar-refractivity contribution >= 4 is 45.8 Å². The predicted octanol–water partition coefficient (Wildman–Crippen LogP) is 4.86. The summed E-state index contributed by atoms with van der Waals surface area (Å²) in [4.78, 5) is 11.7. The van der Waals surface area contributed by atoms with Crippen LogP contribution in [-0.4, -0.2) is 0 Å². The van der Waals surface area contributed by atoms with Crippen molar-refractivity contribution in [3.63, 3.8) is 0 Å². The molecule has 0 bridgehead atoms. The summed E-state index contributed by atoms with van der Waals surface area (Å²) in [5.41, 5.74) is 0.643. The Morgan fingerprint density at radius 1 is 0.944 bits per heavy atom. The first kappa shape index (κ1) is 11.8. The first-order valence-corrected chi connectivity index (χ1v) is 6.22. The SMILES string of the molecule is O=c1c(Cl)c2oc3ccccc3cc-2c(Cl)c1Cl. The van der Waals surface area contributed by atoms with Gasteiger partial charge in [0.25, 0.3) is 0 Å². The van der Waals surface area contributed by atoms with E-state index in [9.17, 15) is 4.79 Å². The third-order valence-corrected chi connectivity index (χ3v) is 3.90. The second-order valence-electron chi connectivity index (χ2n) is 3.80. The number of halogens is 3. The zero-order chi connectivity index (χ0) is 12.9. The molecular formula is C13H5Cl3O2. The largest absolute Gasteiger partial charge is 0.454 e. The van der Waals surface area contributed by atoms with Crippen LogP contribution < -0.4 is 5.43 Å². The van der Waals surface area contributed by atoms with Gasteiger partial charge in [-0.05, 0) is 12.1 Å². The first-order valence-electron chi connectivity index (χ1n) is 5.08. The maximum atomic E-state index is 11.7. The number of hydrogen-bond donors (Lipinski definition) is 0. The Kier molecular flexibility index (Phi) is 2.74. The molecule has 2 nitrogen and oxygen atoms in total. The molecule has 0 unspecified atom stereocenters. The van der Waals surface area contributed by atoms with E-state index in [0.717, 1.165) is 5.39 Å². The Morgan fingerprint density at radius 3 is 2.44 bits per heavy atom. The Balaban J connectivity index is 2.58. The van der Waals surface area contributed by atoms with E-state index in [1.54, 1.807) is 12.1 Å². The molecule has 1 aromatic carbocycles. The smallest absolute Gasteiger partial charge is 0.221 e. The molecule has 0 N–H and O–H groups in total. The van der Waals surface area contributed by atoms with Crippen LogP contribution in [0.2, 0.25) is 15.1 Å². The summed E-state index contributed by atoms with van der Waals surface area (Å²) < 4.78 is 5.62. The van der Waals surface area contributed by atoms with Crippen LogP contribution in [0.4, 0.5) is 0 Å². The van der Waals surface area contributed by atoms with Crippen molar-refractivity contribution in [2.24, 2.45) is 0 Å². The van der Waals surface area contributed by atoms with E-state index in [1.165, 1.54) is 0 Å². The van der Waals surface area contributed by atoms with E-state index in [4.69, 9.17) is 39.2 Å². The van der Waals surface area contributed by atoms with Crippen molar-refractivity contribution in [3.05, 3.63) is 55.6 Å². The number of hydrogen-bond acceptors (Lipinski definition) is 2. The molecule has 3 rings (SSSR count). The zero-order valence-electron chi connectivity index (χ0n) is 8.84. The minimum Gasteiger partial charge on any atom is -0.454 e. The van der Waals surface area contributed by atoms with Crippen LogP contribution in [0.1, 0.15) is 0 Å². The Labute approximate surface area is 117 Å². The molecule has 2 aliphatic rings. The average molecular weight is 300 g/mol. The van der Waals surface area contributed by atoms with Gasteiger partial charge in [0.15, 0.2) is 5.76 Å². The van der Waals surface area contributed by atoms with Gasteiger partial charge in [0, 0.05) is 10.9 Å². The van der Waals surface area contributed by atoms with E-state index < -0.39 is 5.43 Å². The second-order valence-corrected chi connectivity index (χ2v) is 4.93. The molecule has 18 heavy (non-hydrogen) atoms. The van der Waals surface area contributed by atoms with Gasteiger partial charge >= 0.3 is 0 Å². The molecule has 0 spiro atoms. The highest BCUT2D eigenvalue weighted by Gasteiger charge is 2.22. The molecular weight excluding hydrogens is 294 g/mol. The maximum Gasteiger partial charge on any atom is 0.221 e. The topological polar surface area (TPSA) is 30.2 Å². The van der Waals surface area contributed by atoms with Gasteiger partial charge in [-0.3, -0.25) is 4.79 Å². The lowest BCUT2D eigenvalue weighted by molar-refractivity contribution is 0.619. The van der Waals surface area contributed by atoms with Crippen molar-refractivity contribution in [3.8, 4) is 11.3 Å². The quantitative estimate of drug-likeness (QED) is 0.438. The van der Waals surface area contributed by atoms with Gasteiger partial charge in [-0.15, -0.1) is 0 Å². The Hall–Kier alpha value is -1.22. The highest BCUT2D eigenvalue weighted by molar-refractivity contribution is 6.45. The number of para-hydroxylation sites is 1. The summed E-state index contributed by atoms with van der Waals surface area (Å²) in [5, 5.41) is 0.887. The molecule has 0 saturated heterocycles. The molecule has 0 saturated carbocycles. The standard InChI is InChI=1S/C13H5Cl3O2/c14-9-7-5-6-3-1-2-4-8(6)18-13(7)11(16)12(17)10(9)15/h1-5H. The van der Waals surface area contributed by atoms with Crippen molar-refractivity contribution < 1.29 is 4.42 Å². The summed E-state index contributed by atoms with van der Waals surface area (Å²) in [5.74, 6) is 0.259. The van der Waals surface area contributed by atoms with E-state index in [1.807, 2.05) is 18.2 Å². The van der Waals surface area contributed by atoms with Crippen molar-refractivity contribution in [2.75, 3.05) is 0 Å². The molecule has 90 valence electrons. The summed E-state index contributed by atoms with van der Waals surface area (Å²) in [7, 11) is 0. The molecule has 5 heteroatoms. The van der Waals surface area contributed by atoms with E-state index in [-0.39, 0.29) is 20.8 Å². The van der Waals surface area contributed by atoms with Crippen LogP contribution in [-0.2, 0) is 0 Å². The minimum atomic E-state index is -0.519. The van der Waals surface area contributed by atoms with Gasteiger partial charge in [0.1, 0.15) is 15.6 Å². The van der Waals surface area contributed by atoms with Crippen LogP contribution >= 0.6 is 34.8 Å². The molecule has 0 radical (unpaired) electrons. The lowest BCUT2D eigenvalue weighted by Gasteiger charge is -2.11. The Bertz CT molecular complexity index is 792. The summed E-state index contributed by atoms with van der Waals surface area (Å²) in [6.07, 6.45) is 0. The van der Waals surface area contributed by atoms with Crippen molar-refractivity contribution in [2.45, 2.75) is 0 Å². The van der Waals surface area contributed by atoms with E-state index in [2.05, 4.69) is 0 Å². The second kappa shape index (κ2) is 4.16. The van der Waals surface area contributed by atoms with Gasteiger partial charge < -0.3 is 4.42 Å². The molecule has 0 atom stereocenters. The fourth-order valence-corrected chi connectivity index (χ4v) is 2.53. The average Bonchev–Trinajstić information content (AvgIpc) is 2.41. The molecule has 0 aromatic heterocycles. The van der Waals surface area contributed by atoms with Gasteiger partial charge in [-0.25, -0.2) is 0 Å².